The number of amides is 1. The molecule has 3 aromatic rings. The van der Waals surface area contributed by atoms with Gasteiger partial charge in [-0.15, -0.1) is 0 Å². The first-order chi connectivity index (χ1) is 16.9. The van der Waals surface area contributed by atoms with E-state index in [0.717, 1.165) is 11.1 Å². The van der Waals surface area contributed by atoms with Crippen molar-refractivity contribution in [2.24, 2.45) is 0 Å². The molecule has 0 bridgehead atoms. The van der Waals surface area contributed by atoms with Crippen molar-refractivity contribution in [1.29, 1.82) is 0 Å². The highest BCUT2D eigenvalue weighted by atomic mass is 32.2. The minimum absolute atomic E-state index is 0.00197. The zero-order valence-electron chi connectivity index (χ0n) is 18.9. The number of ether oxygens (including phenoxy) is 4. The number of benzene rings is 3. The fourth-order valence-electron chi connectivity index (χ4n) is 3.81. The standard InChI is InChI=1S/C25H24N2O7S/c1-16(18-6-8-21-24(13-18)32-10-9-31-21)27-25(28)19-3-2-4-20(12-19)35(29,30)26-14-17-5-7-22-23(11-17)34-15-33-22/h2-8,11-13,16,26H,9-10,14-15H2,1H3,(H,27,28). The van der Waals surface area contributed by atoms with E-state index in [0.29, 0.717) is 36.2 Å². The Morgan fingerprint density at radius 3 is 2.46 bits per heavy atom. The van der Waals surface area contributed by atoms with Gasteiger partial charge in [0.05, 0.1) is 10.9 Å². The molecule has 5 rings (SSSR count). The quantitative estimate of drug-likeness (QED) is 0.517. The second-order valence-electron chi connectivity index (χ2n) is 8.14. The summed E-state index contributed by atoms with van der Waals surface area (Å²) in [5.74, 6) is 2.12. The van der Waals surface area contributed by atoms with Crippen LogP contribution in [0.5, 0.6) is 23.0 Å². The molecule has 1 unspecified atom stereocenters. The van der Waals surface area contributed by atoms with E-state index in [1.165, 1.54) is 12.1 Å². The smallest absolute Gasteiger partial charge is 0.251 e. The predicted molar refractivity (Wildman–Crippen MR) is 126 cm³/mol. The van der Waals surface area contributed by atoms with E-state index in [-0.39, 0.29) is 35.7 Å². The maximum Gasteiger partial charge on any atom is 0.251 e. The van der Waals surface area contributed by atoms with Crippen molar-refractivity contribution >= 4 is 15.9 Å². The Hall–Kier alpha value is -3.76. The Morgan fingerprint density at radius 2 is 1.60 bits per heavy atom. The van der Waals surface area contributed by atoms with Crippen molar-refractivity contribution in [2.45, 2.75) is 24.4 Å². The second-order valence-corrected chi connectivity index (χ2v) is 9.91. The molecule has 0 aromatic heterocycles. The fraction of sp³-hybridized carbons (Fsp3) is 0.240. The zero-order chi connectivity index (χ0) is 24.4. The van der Waals surface area contributed by atoms with Gasteiger partial charge < -0.3 is 24.3 Å². The molecule has 3 aromatic carbocycles. The van der Waals surface area contributed by atoms with Crippen LogP contribution in [0.25, 0.3) is 0 Å². The number of hydrogen-bond acceptors (Lipinski definition) is 7. The Balaban J connectivity index is 1.25. The number of carbonyl (C=O) groups is 1. The average Bonchev–Trinajstić information content (AvgIpc) is 3.35. The van der Waals surface area contributed by atoms with Crippen LogP contribution in [-0.2, 0) is 16.6 Å². The summed E-state index contributed by atoms with van der Waals surface area (Å²) in [6.45, 7) is 3.03. The molecule has 35 heavy (non-hydrogen) atoms. The molecule has 0 saturated carbocycles. The van der Waals surface area contributed by atoms with Gasteiger partial charge in [-0.25, -0.2) is 13.1 Å². The molecule has 0 saturated heterocycles. The van der Waals surface area contributed by atoms with Crippen LogP contribution >= 0.6 is 0 Å². The van der Waals surface area contributed by atoms with Gasteiger partial charge >= 0.3 is 0 Å². The van der Waals surface area contributed by atoms with E-state index < -0.39 is 10.0 Å². The van der Waals surface area contributed by atoms with Crippen molar-refractivity contribution in [3.05, 3.63) is 77.4 Å². The van der Waals surface area contributed by atoms with Crippen LogP contribution in [0.15, 0.2) is 65.6 Å². The summed E-state index contributed by atoms with van der Waals surface area (Å²) < 4.78 is 50.1. The van der Waals surface area contributed by atoms with Crippen LogP contribution in [0.4, 0.5) is 0 Å². The molecule has 9 nitrogen and oxygen atoms in total. The summed E-state index contributed by atoms with van der Waals surface area (Å²) in [6.07, 6.45) is 0. The molecule has 0 aliphatic carbocycles. The van der Waals surface area contributed by atoms with E-state index in [2.05, 4.69) is 10.0 Å². The highest BCUT2D eigenvalue weighted by molar-refractivity contribution is 7.89. The van der Waals surface area contributed by atoms with Gasteiger partial charge in [0.2, 0.25) is 16.8 Å². The summed E-state index contributed by atoms with van der Waals surface area (Å²) in [5, 5.41) is 2.90. The third-order valence-corrected chi connectivity index (χ3v) is 7.12. The van der Waals surface area contributed by atoms with Crippen molar-refractivity contribution in [2.75, 3.05) is 20.0 Å². The Labute approximate surface area is 203 Å². The van der Waals surface area contributed by atoms with E-state index in [1.54, 1.807) is 30.3 Å². The van der Waals surface area contributed by atoms with Crippen molar-refractivity contribution < 1.29 is 32.2 Å². The Bertz CT molecular complexity index is 1370. The van der Waals surface area contributed by atoms with Gasteiger partial charge in [-0.05, 0) is 60.5 Å². The lowest BCUT2D eigenvalue weighted by molar-refractivity contribution is 0.0939. The van der Waals surface area contributed by atoms with Gasteiger partial charge in [-0.3, -0.25) is 4.79 Å². The molecule has 2 aliphatic rings. The van der Waals surface area contributed by atoms with E-state index in [4.69, 9.17) is 18.9 Å². The normalized spacial score (nSPS) is 14.9. The Morgan fingerprint density at radius 1 is 0.886 bits per heavy atom. The molecule has 2 aliphatic heterocycles. The van der Waals surface area contributed by atoms with Crippen LogP contribution in [0.1, 0.15) is 34.5 Å². The van der Waals surface area contributed by atoms with Crippen LogP contribution in [0.3, 0.4) is 0 Å². The summed E-state index contributed by atoms with van der Waals surface area (Å²) in [6, 6.07) is 16.3. The molecule has 2 heterocycles. The molecule has 0 fully saturated rings. The van der Waals surface area contributed by atoms with Gasteiger partial charge in [0.1, 0.15) is 13.2 Å². The highest BCUT2D eigenvalue weighted by Crippen LogP contribution is 2.33. The lowest BCUT2D eigenvalue weighted by Gasteiger charge is -2.21. The summed E-state index contributed by atoms with van der Waals surface area (Å²) in [4.78, 5) is 12.9. The van der Waals surface area contributed by atoms with Crippen molar-refractivity contribution in [3.8, 4) is 23.0 Å². The zero-order valence-corrected chi connectivity index (χ0v) is 19.8. The molecule has 10 heteroatoms. The first-order valence-corrected chi connectivity index (χ1v) is 12.6. The van der Waals surface area contributed by atoms with Gasteiger partial charge in [-0.1, -0.05) is 18.2 Å². The molecule has 0 spiro atoms. The molecule has 0 radical (unpaired) electrons. The molecular weight excluding hydrogens is 472 g/mol. The van der Waals surface area contributed by atoms with Gasteiger partial charge in [0, 0.05) is 12.1 Å². The van der Waals surface area contributed by atoms with E-state index >= 15 is 0 Å². The van der Waals surface area contributed by atoms with Crippen molar-refractivity contribution in [1.82, 2.24) is 10.0 Å². The van der Waals surface area contributed by atoms with Crippen LogP contribution in [0, 0.1) is 0 Å². The van der Waals surface area contributed by atoms with Crippen LogP contribution < -0.4 is 29.0 Å². The topological polar surface area (TPSA) is 112 Å². The molecule has 2 N–H and O–H groups in total. The third-order valence-electron chi connectivity index (χ3n) is 5.72. The Kier molecular flexibility index (Phi) is 6.23. The lowest BCUT2D eigenvalue weighted by Crippen LogP contribution is -2.28. The number of carbonyl (C=O) groups excluding carboxylic acids is 1. The van der Waals surface area contributed by atoms with Crippen LogP contribution in [-0.4, -0.2) is 34.3 Å². The minimum atomic E-state index is -3.85. The number of hydrogen-bond donors (Lipinski definition) is 2. The van der Waals surface area contributed by atoms with E-state index in [9.17, 15) is 13.2 Å². The summed E-state index contributed by atoms with van der Waals surface area (Å²) in [7, 11) is -3.85. The van der Waals surface area contributed by atoms with Crippen LogP contribution in [0.2, 0.25) is 0 Å². The lowest BCUT2D eigenvalue weighted by atomic mass is 10.1. The van der Waals surface area contributed by atoms with Crippen molar-refractivity contribution in [3.63, 3.8) is 0 Å². The number of fused-ring (bicyclic) bond motifs is 2. The summed E-state index contributed by atoms with van der Waals surface area (Å²) in [5.41, 5.74) is 1.80. The third kappa shape index (κ3) is 5.03. The monoisotopic (exact) mass is 496 g/mol. The number of rotatable bonds is 7. The second kappa shape index (κ2) is 9.47. The molecular formula is C25H24N2O7S. The van der Waals surface area contributed by atoms with Gasteiger partial charge in [0.25, 0.3) is 5.91 Å². The predicted octanol–water partition coefficient (Wildman–Crippen LogP) is 3.16. The number of sulfonamides is 1. The number of nitrogens with one attached hydrogen (secondary N) is 2. The average molecular weight is 497 g/mol. The SMILES string of the molecule is CC(NC(=O)c1cccc(S(=O)(=O)NCc2ccc3c(c2)OCO3)c1)c1ccc2c(c1)OCCO2. The van der Waals surface area contributed by atoms with Gasteiger partial charge in [-0.2, -0.15) is 0 Å². The minimum Gasteiger partial charge on any atom is -0.486 e. The molecule has 1 atom stereocenters. The molecule has 182 valence electrons. The largest absolute Gasteiger partial charge is 0.486 e. The first-order valence-electron chi connectivity index (χ1n) is 11.1. The maximum atomic E-state index is 12.9. The highest BCUT2D eigenvalue weighted by Gasteiger charge is 2.20. The first kappa shape index (κ1) is 23.0. The summed E-state index contributed by atoms with van der Waals surface area (Å²) >= 11 is 0. The van der Waals surface area contributed by atoms with E-state index in [1.807, 2.05) is 25.1 Å². The maximum absolute atomic E-state index is 12.9. The fourth-order valence-corrected chi connectivity index (χ4v) is 4.87. The van der Waals surface area contributed by atoms with Gasteiger partial charge in [0.15, 0.2) is 23.0 Å². The molecule has 1 amide bonds.